The highest BCUT2D eigenvalue weighted by atomic mass is 16.5. The van der Waals surface area contributed by atoms with Crippen molar-refractivity contribution < 1.29 is 9.53 Å². The van der Waals surface area contributed by atoms with Gasteiger partial charge >= 0.3 is 0 Å². The second-order valence-corrected chi connectivity index (χ2v) is 12.9. The minimum Gasteiger partial charge on any atom is -0.489 e. The van der Waals surface area contributed by atoms with E-state index in [0.717, 1.165) is 60.1 Å². The molecule has 1 aliphatic carbocycles. The third-order valence-electron chi connectivity index (χ3n) is 8.51. The van der Waals surface area contributed by atoms with Gasteiger partial charge in [-0.2, -0.15) is 0 Å². The van der Waals surface area contributed by atoms with Crippen molar-refractivity contribution in [2.45, 2.75) is 71.9 Å². The molecule has 1 amide bonds. The summed E-state index contributed by atoms with van der Waals surface area (Å²) in [6, 6.07) is 22.3. The molecule has 1 heterocycles. The molecule has 4 nitrogen and oxygen atoms in total. The molecule has 0 radical (unpaired) electrons. The van der Waals surface area contributed by atoms with Crippen LogP contribution in [0.25, 0.3) is 10.8 Å². The molecular weight excluding hydrogens is 456 g/mol. The predicted molar refractivity (Wildman–Crippen MR) is 152 cm³/mol. The molecule has 0 aromatic heterocycles. The Bertz CT molecular complexity index is 1230. The van der Waals surface area contributed by atoms with Crippen LogP contribution in [0.2, 0.25) is 0 Å². The van der Waals surface area contributed by atoms with E-state index in [-0.39, 0.29) is 11.4 Å². The van der Waals surface area contributed by atoms with Crippen molar-refractivity contribution in [2.24, 2.45) is 10.8 Å². The summed E-state index contributed by atoms with van der Waals surface area (Å²) in [6.07, 6.45) is 5.85. The monoisotopic (exact) mass is 498 g/mol. The normalized spacial score (nSPS) is 20.8. The molecule has 2 fully saturated rings. The van der Waals surface area contributed by atoms with E-state index >= 15 is 0 Å². The molecule has 196 valence electrons. The van der Waals surface area contributed by atoms with Crippen LogP contribution in [-0.4, -0.2) is 36.0 Å². The zero-order valence-corrected chi connectivity index (χ0v) is 23.0. The lowest BCUT2D eigenvalue weighted by molar-refractivity contribution is 0.0434. The van der Waals surface area contributed by atoms with Gasteiger partial charge < -0.3 is 15.0 Å². The Balaban J connectivity index is 1.37. The molecule has 1 saturated carbocycles. The van der Waals surface area contributed by atoms with Gasteiger partial charge in [-0.05, 0) is 77.5 Å². The van der Waals surface area contributed by atoms with Crippen molar-refractivity contribution in [1.82, 2.24) is 10.2 Å². The number of nitrogens with one attached hydrogen (secondary N) is 1. The maximum absolute atomic E-state index is 14.0. The summed E-state index contributed by atoms with van der Waals surface area (Å²) in [4.78, 5) is 16.1. The third kappa shape index (κ3) is 6.01. The fourth-order valence-corrected chi connectivity index (χ4v) is 6.66. The molecule has 0 atom stereocenters. The standard InChI is InChI=1S/C33H42N2O2/c1-31(2)15-17-33(18-16-32(3,4)23-31)24-35(20-19-34-33)30(36)28-12-8-11-26-13-14-27(21-29(26)28)37-22-25-9-6-5-7-10-25/h5-14,21,34H,15-20,22-24H2,1-4H3. The van der Waals surface area contributed by atoms with E-state index in [9.17, 15) is 4.79 Å². The van der Waals surface area contributed by atoms with Crippen LogP contribution in [0.15, 0.2) is 66.7 Å². The topological polar surface area (TPSA) is 41.6 Å². The molecule has 0 unspecified atom stereocenters. The van der Waals surface area contributed by atoms with Crippen LogP contribution < -0.4 is 10.1 Å². The summed E-state index contributed by atoms with van der Waals surface area (Å²) in [5, 5.41) is 5.91. The van der Waals surface area contributed by atoms with E-state index < -0.39 is 0 Å². The highest BCUT2D eigenvalue weighted by Crippen LogP contribution is 2.45. The fourth-order valence-electron chi connectivity index (χ4n) is 6.66. The lowest BCUT2D eigenvalue weighted by Crippen LogP contribution is -2.62. The van der Waals surface area contributed by atoms with Crippen LogP contribution in [0.3, 0.4) is 0 Å². The summed E-state index contributed by atoms with van der Waals surface area (Å²) in [5.74, 6) is 0.921. The van der Waals surface area contributed by atoms with Crippen LogP contribution in [0.1, 0.15) is 75.7 Å². The second-order valence-electron chi connectivity index (χ2n) is 12.9. The second kappa shape index (κ2) is 10.1. The summed E-state index contributed by atoms with van der Waals surface area (Å²) >= 11 is 0. The van der Waals surface area contributed by atoms with E-state index in [1.165, 1.54) is 19.3 Å². The first-order chi connectivity index (χ1) is 17.6. The fraction of sp³-hybridized carbons (Fsp3) is 0.485. The van der Waals surface area contributed by atoms with Gasteiger partial charge in [-0.1, -0.05) is 76.2 Å². The zero-order chi connectivity index (χ0) is 26.1. The first kappa shape index (κ1) is 25.8. The Hall–Kier alpha value is -2.85. The van der Waals surface area contributed by atoms with E-state index in [1.54, 1.807) is 0 Å². The number of fused-ring (bicyclic) bond motifs is 1. The quantitative estimate of drug-likeness (QED) is 0.413. The molecular formula is C33H42N2O2. The Kier molecular flexibility index (Phi) is 7.06. The Labute approximate surface area is 222 Å². The molecule has 1 N–H and O–H groups in total. The average molecular weight is 499 g/mol. The smallest absolute Gasteiger partial charge is 0.254 e. The molecule has 3 aromatic carbocycles. The van der Waals surface area contributed by atoms with Crippen molar-refractivity contribution in [3.05, 3.63) is 77.9 Å². The van der Waals surface area contributed by atoms with Gasteiger partial charge in [0.1, 0.15) is 12.4 Å². The number of ether oxygens (including phenoxy) is 1. The Morgan fingerprint density at radius 2 is 1.62 bits per heavy atom. The van der Waals surface area contributed by atoms with Gasteiger partial charge in [-0.15, -0.1) is 0 Å². The summed E-state index contributed by atoms with van der Waals surface area (Å²) in [7, 11) is 0. The molecule has 4 heteroatoms. The van der Waals surface area contributed by atoms with E-state index in [4.69, 9.17) is 4.74 Å². The van der Waals surface area contributed by atoms with Crippen molar-refractivity contribution >= 4 is 16.7 Å². The maximum atomic E-state index is 14.0. The third-order valence-corrected chi connectivity index (χ3v) is 8.51. The van der Waals surface area contributed by atoms with Crippen LogP contribution >= 0.6 is 0 Å². The minimum atomic E-state index is -0.00257. The summed E-state index contributed by atoms with van der Waals surface area (Å²) in [6.45, 7) is 12.5. The van der Waals surface area contributed by atoms with Crippen LogP contribution in [0.5, 0.6) is 5.75 Å². The number of carbonyl (C=O) groups is 1. The number of rotatable bonds is 4. The Morgan fingerprint density at radius 1 is 0.892 bits per heavy atom. The molecule has 5 rings (SSSR count). The zero-order valence-electron chi connectivity index (χ0n) is 23.0. The summed E-state index contributed by atoms with van der Waals surface area (Å²) in [5.41, 5.74) is 2.53. The number of piperazine rings is 1. The van der Waals surface area contributed by atoms with E-state index in [2.05, 4.69) is 62.2 Å². The van der Waals surface area contributed by atoms with Gasteiger partial charge in [0.15, 0.2) is 0 Å². The van der Waals surface area contributed by atoms with Gasteiger partial charge in [0.25, 0.3) is 5.91 Å². The van der Waals surface area contributed by atoms with Crippen LogP contribution in [0.4, 0.5) is 0 Å². The summed E-state index contributed by atoms with van der Waals surface area (Å²) < 4.78 is 6.10. The number of benzene rings is 3. The van der Waals surface area contributed by atoms with Crippen molar-refractivity contribution in [1.29, 1.82) is 0 Å². The first-order valence-electron chi connectivity index (χ1n) is 13.9. The molecule has 0 bridgehead atoms. The Morgan fingerprint density at radius 3 is 2.35 bits per heavy atom. The molecule has 1 spiro atoms. The molecule has 1 saturated heterocycles. The lowest BCUT2D eigenvalue weighted by atomic mass is 9.65. The van der Waals surface area contributed by atoms with Crippen molar-refractivity contribution in [2.75, 3.05) is 19.6 Å². The van der Waals surface area contributed by atoms with Crippen LogP contribution in [0, 0.1) is 10.8 Å². The minimum absolute atomic E-state index is 0.00257. The maximum Gasteiger partial charge on any atom is 0.254 e. The highest BCUT2D eigenvalue weighted by molar-refractivity contribution is 6.07. The van der Waals surface area contributed by atoms with Gasteiger partial charge in [0.2, 0.25) is 0 Å². The number of amides is 1. The average Bonchev–Trinajstić information content (AvgIpc) is 2.89. The predicted octanol–water partition coefficient (Wildman–Crippen LogP) is 7.22. The van der Waals surface area contributed by atoms with Gasteiger partial charge in [-0.25, -0.2) is 0 Å². The van der Waals surface area contributed by atoms with E-state index in [0.29, 0.717) is 17.4 Å². The van der Waals surface area contributed by atoms with Gasteiger partial charge in [0.05, 0.1) is 0 Å². The van der Waals surface area contributed by atoms with Crippen LogP contribution in [-0.2, 0) is 6.61 Å². The van der Waals surface area contributed by atoms with E-state index in [1.807, 2.05) is 42.5 Å². The van der Waals surface area contributed by atoms with Crippen molar-refractivity contribution in [3.8, 4) is 5.75 Å². The largest absolute Gasteiger partial charge is 0.489 e. The highest BCUT2D eigenvalue weighted by Gasteiger charge is 2.42. The molecule has 1 aliphatic heterocycles. The number of nitrogens with zero attached hydrogens (tertiary/aromatic N) is 1. The number of hydrogen-bond acceptors (Lipinski definition) is 3. The SMILES string of the molecule is CC1(C)CCC2(CCC(C)(C)C1)CN(C(=O)c1cccc3ccc(OCc4ccccc4)cc13)CCN2. The van der Waals surface area contributed by atoms with Gasteiger partial charge in [-0.3, -0.25) is 4.79 Å². The lowest BCUT2D eigenvalue weighted by Gasteiger charge is -2.49. The number of carbonyl (C=O) groups excluding carboxylic acids is 1. The molecule has 2 aliphatic rings. The van der Waals surface area contributed by atoms with Gasteiger partial charge in [0, 0.05) is 30.7 Å². The molecule has 3 aromatic rings. The number of hydrogen-bond donors (Lipinski definition) is 1. The first-order valence-corrected chi connectivity index (χ1v) is 13.9. The van der Waals surface area contributed by atoms with Crippen molar-refractivity contribution in [3.63, 3.8) is 0 Å². The molecule has 37 heavy (non-hydrogen) atoms.